The van der Waals surface area contributed by atoms with Gasteiger partial charge in [-0.15, -0.1) is 0 Å². The standard InChI is InChI=1S/C22H20O3.Al/c1-22(2,18-11-12-20(23)19(14-18)21(24)25)17-10-6-9-16(13-17)15-7-4-3-5-8-15;/h3-14,23H,1-2H3,(H,24,25);. The van der Waals surface area contributed by atoms with E-state index in [4.69, 9.17) is 0 Å². The minimum absolute atomic E-state index is 0. The average molecular weight is 359 g/mol. The topological polar surface area (TPSA) is 57.5 Å². The molecule has 0 aliphatic rings. The third-order valence-electron chi connectivity index (χ3n) is 4.64. The van der Waals surface area contributed by atoms with Crippen LogP contribution in [-0.2, 0) is 5.41 Å². The Kier molecular flexibility index (Phi) is 5.92. The van der Waals surface area contributed by atoms with E-state index >= 15 is 0 Å². The lowest BCUT2D eigenvalue weighted by Crippen LogP contribution is -2.19. The Hall–Kier alpha value is -2.54. The third-order valence-corrected chi connectivity index (χ3v) is 4.64. The van der Waals surface area contributed by atoms with Crippen molar-refractivity contribution in [2.24, 2.45) is 0 Å². The fraction of sp³-hybridized carbons (Fsp3) is 0.136. The summed E-state index contributed by atoms with van der Waals surface area (Å²) in [4.78, 5) is 11.3. The molecule has 26 heavy (non-hydrogen) atoms. The number of hydrogen-bond donors (Lipinski definition) is 2. The Labute approximate surface area is 164 Å². The van der Waals surface area contributed by atoms with Crippen LogP contribution in [-0.4, -0.2) is 33.5 Å². The molecule has 0 bridgehead atoms. The van der Waals surface area contributed by atoms with Gasteiger partial charge < -0.3 is 10.2 Å². The number of rotatable bonds is 4. The van der Waals surface area contributed by atoms with Crippen molar-refractivity contribution in [2.75, 3.05) is 0 Å². The molecular weight excluding hydrogens is 339 g/mol. The van der Waals surface area contributed by atoms with Gasteiger partial charge in [0.25, 0.3) is 0 Å². The number of carboxylic acid groups (broad SMARTS) is 1. The molecular formula is C22H20AlO3. The highest BCUT2D eigenvalue weighted by Crippen LogP contribution is 2.35. The van der Waals surface area contributed by atoms with Crippen molar-refractivity contribution < 1.29 is 15.0 Å². The zero-order valence-corrected chi connectivity index (χ0v) is 16.0. The van der Waals surface area contributed by atoms with Crippen molar-refractivity contribution in [3.63, 3.8) is 0 Å². The number of aromatic hydroxyl groups is 1. The Morgan fingerprint density at radius 1 is 0.808 bits per heavy atom. The van der Waals surface area contributed by atoms with E-state index in [1.807, 2.05) is 30.3 Å². The lowest BCUT2D eigenvalue weighted by Gasteiger charge is -2.27. The van der Waals surface area contributed by atoms with Crippen LogP contribution in [0.2, 0.25) is 0 Å². The van der Waals surface area contributed by atoms with Gasteiger partial charge >= 0.3 is 5.97 Å². The molecule has 0 spiro atoms. The maximum absolute atomic E-state index is 11.3. The molecule has 0 fully saturated rings. The predicted molar refractivity (Wildman–Crippen MR) is 105 cm³/mol. The van der Waals surface area contributed by atoms with Crippen molar-refractivity contribution in [1.82, 2.24) is 0 Å². The van der Waals surface area contributed by atoms with E-state index in [0.29, 0.717) is 0 Å². The van der Waals surface area contributed by atoms with E-state index in [1.165, 1.54) is 6.07 Å². The van der Waals surface area contributed by atoms with E-state index in [-0.39, 0.29) is 28.7 Å². The molecule has 0 saturated heterocycles. The molecule has 0 amide bonds. The molecule has 3 aromatic carbocycles. The first-order valence-electron chi connectivity index (χ1n) is 8.12. The van der Waals surface area contributed by atoms with E-state index in [9.17, 15) is 15.0 Å². The molecule has 0 aliphatic carbocycles. The maximum Gasteiger partial charge on any atom is 0.339 e. The van der Waals surface area contributed by atoms with Gasteiger partial charge in [0.15, 0.2) is 0 Å². The van der Waals surface area contributed by atoms with Gasteiger partial charge in [0.1, 0.15) is 11.3 Å². The summed E-state index contributed by atoms with van der Waals surface area (Å²) in [5.41, 5.74) is 3.69. The molecule has 0 aromatic heterocycles. The second-order valence-corrected chi connectivity index (χ2v) is 6.61. The Morgan fingerprint density at radius 3 is 2.08 bits per heavy atom. The van der Waals surface area contributed by atoms with Crippen molar-refractivity contribution in [3.05, 3.63) is 89.5 Å². The van der Waals surface area contributed by atoms with Gasteiger partial charge in [0, 0.05) is 22.8 Å². The van der Waals surface area contributed by atoms with Crippen LogP contribution >= 0.6 is 0 Å². The minimum Gasteiger partial charge on any atom is -0.507 e. The molecule has 3 rings (SSSR count). The fourth-order valence-corrected chi connectivity index (χ4v) is 2.98. The first kappa shape index (κ1) is 19.8. The van der Waals surface area contributed by atoms with Crippen LogP contribution in [0.4, 0.5) is 0 Å². The number of carboxylic acids is 1. The van der Waals surface area contributed by atoms with Crippen molar-refractivity contribution >= 4 is 23.3 Å². The molecule has 0 heterocycles. The van der Waals surface area contributed by atoms with Crippen molar-refractivity contribution in [1.29, 1.82) is 0 Å². The maximum atomic E-state index is 11.3. The Bertz CT molecular complexity index is 918. The summed E-state index contributed by atoms with van der Waals surface area (Å²) >= 11 is 0. The van der Waals surface area contributed by atoms with Crippen molar-refractivity contribution in [2.45, 2.75) is 19.3 Å². The van der Waals surface area contributed by atoms with E-state index < -0.39 is 11.4 Å². The lowest BCUT2D eigenvalue weighted by molar-refractivity contribution is 0.0693. The number of benzene rings is 3. The monoisotopic (exact) mass is 359 g/mol. The minimum atomic E-state index is -1.13. The Morgan fingerprint density at radius 2 is 1.42 bits per heavy atom. The van der Waals surface area contributed by atoms with Gasteiger partial charge in [-0.2, -0.15) is 0 Å². The number of phenols is 1. The van der Waals surface area contributed by atoms with Gasteiger partial charge in [0.05, 0.1) is 0 Å². The predicted octanol–water partition coefficient (Wildman–Crippen LogP) is 4.70. The molecule has 3 aromatic rings. The molecule has 0 unspecified atom stereocenters. The molecule has 3 nitrogen and oxygen atoms in total. The zero-order chi connectivity index (χ0) is 18.0. The highest BCUT2D eigenvalue weighted by atomic mass is 27.0. The summed E-state index contributed by atoms with van der Waals surface area (Å²) in [5, 5.41) is 19.0. The van der Waals surface area contributed by atoms with Crippen molar-refractivity contribution in [3.8, 4) is 16.9 Å². The van der Waals surface area contributed by atoms with Crippen LogP contribution in [0.1, 0.15) is 35.3 Å². The molecule has 4 heteroatoms. The first-order chi connectivity index (χ1) is 11.9. The summed E-state index contributed by atoms with van der Waals surface area (Å²) in [7, 11) is 0. The van der Waals surface area contributed by atoms with E-state index in [2.05, 4.69) is 38.1 Å². The van der Waals surface area contributed by atoms with E-state index in [0.717, 1.165) is 22.3 Å². The molecule has 0 aliphatic heterocycles. The quantitative estimate of drug-likeness (QED) is 0.664. The van der Waals surface area contributed by atoms with Crippen LogP contribution in [0.25, 0.3) is 11.1 Å². The summed E-state index contributed by atoms with van der Waals surface area (Å²) in [6.45, 7) is 4.10. The number of aromatic carboxylic acids is 1. The van der Waals surface area contributed by atoms with Gasteiger partial charge in [0.2, 0.25) is 0 Å². The summed E-state index contributed by atoms with van der Waals surface area (Å²) in [6.07, 6.45) is 0. The average Bonchev–Trinajstić information content (AvgIpc) is 2.62. The van der Waals surface area contributed by atoms with Gasteiger partial charge in [-0.1, -0.05) is 74.5 Å². The second-order valence-electron chi connectivity index (χ2n) is 6.61. The highest BCUT2D eigenvalue weighted by molar-refractivity contribution is 5.91. The zero-order valence-electron chi connectivity index (χ0n) is 14.8. The first-order valence-corrected chi connectivity index (χ1v) is 8.12. The number of hydrogen-bond acceptors (Lipinski definition) is 2. The van der Waals surface area contributed by atoms with Gasteiger partial charge in [-0.25, -0.2) is 4.79 Å². The molecule has 2 N–H and O–H groups in total. The Balaban J connectivity index is 0.00000243. The van der Waals surface area contributed by atoms with Gasteiger partial charge in [-0.3, -0.25) is 0 Å². The van der Waals surface area contributed by atoms with Crippen LogP contribution in [0.5, 0.6) is 5.75 Å². The molecule has 129 valence electrons. The normalized spacial score (nSPS) is 10.8. The van der Waals surface area contributed by atoms with Crippen LogP contribution in [0.15, 0.2) is 72.8 Å². The molecule has 3 radical (unpaired) electrons. The number of carbonyl (C=O) groups is 1. The fourth-order valence-electron chi connectivity index (χ4n) is 2.98. The largest absolute Gasteiger partial charge is 0.507 e. The smallest absolute Gasteiger partial charge is 0.339 e. The summed E-state index contributed by atoms with van der Waals surface area (Å²) < 4.78 is 0. The second kappa shape index (κ2) is 7.78. The SMILES string of the molecule is CC(C)(c1cccc(-c2ccccc2)c1)c1ccc(O)c(C(=O)O)c1.[Al]. The van der Waals surface area contributed by atoms with Crippen LogP contribution < -0.4 is 0 Å². The molecule has 0 saturated carbocycles. The lowest BCUT2D eigenvalue weighted by atomic mass is 9.77. The summed E-state index contributed by atoms with van der Waals surface area (Å²) in [6, 6.07) is 23.1. The highest BCUT2D eigenvalue weighted by Gasteiger charge is 2.25. The third kappa shape index (κ3) is 3.83. The van der Waals surface area contributed by atoms with Gasteiger partial charge in [-0.05, 0) is 34.4 Å². The van der Waals surface area contributed by atoms with E-state index in [1.54, 1.807) is 12.1 Å². The van der Waals surface area contributed by atoms with Crippen LogP contribution in [0, 0.1) is 0 Å². The van der Waals surface area contributed by atoms with Crippen LogP contribution in [0.3, 0.4) is 0 Å². The summed E-state index contributed by atoms with van der Waals surface area (Å²) in [5.74, 6) is -1.35. The molecule has 0 atom stereocenters.